The van der Waals surface area contributed by atoms with Gasteiger partial charge in [-0.15, -0.1) is 0 Å². The molecule has 1 saturated carbocycles. The molecule has 6 heteroatoms. The van der Waals surface area contributed by atoms with Crippen LogP contribution in [0, 0.1) is 0 Å². The molecule has 0 amide bonds. The monoisotopic (exact) mass is 360 g/mol. The Labute approximate surface area is 156 Å². The molecule has 5 rings (SSSR count). The summed E-state index contributed by atoms with van der Waals surface area (Å²) in [5, 5.41) is 4.09. The Morgan fingerprint density at radius 2 is 1.93 bits per heavy atom. The van der Waals surface area contributed by atoms with Gasteiger partial charge in [-0.25, -0.2) is 4.98 Å². The number of hydrogen-bond donors (Lipinski definition) is 0. The van der Waals surface area contributed by atoms with E-state index in [1.165, 1.54) is 31.2 Å². The number of hydrogen-bond acceptors (Lipinski definition) is 5. The van der Waals surface area contributed by atoms with Crippen molar-refractivity contribution in [1.82, 2.24) is 19.7 Å². The zero-order valence-corrected chi connectivity index (χ0v) is 14.9. The first-order valence-corrected chi connectivity index (χ1v) is 9.34. The number of para-hydroxylation sites is 1. The van der Waals surface area contributed by atoms with Gasteiger partial charge in [0.05, 0.1) is 17.4 Å². The van der Waals surface area contributed by atoms with Gasteiger partial charge < -0.3 is 13.8 Å². The number of benzene rings is 2. The van der Waals surface area contributed by atoms with Crippen molar-refractivity contribution in [3.63, 3.8) is 0 Å². The fraction of sp³-hybridized carbons (Fsp3) is 0.286. The summed E-state index contributed by atoms with van der Waals surface area (Å²) in [6.45, 7) is 0.246. The lowest BCUT2D eigenvalue weighted by atomic mass is 10.1. The predicted octanol–water partition coefficient (Wildman–Crippen LogP) is 4.78. The molecule has 1 aliphatic carbocycles. The maximum atomic E-state index is 5.66. The van der Waals surface area contributed by atoms with Crippen LogP contribution in [0.3, 0.4) is 0 Å². The van der Waals surface area contributed by atoms with Gasteiger partial charge >= 0.3 is 0 Å². The highest BCUT2D eigenvalue weighted by atomic mass is 16.5. The van der Waals surface area contributed by atoms with Gasteiger partial charge in [-0.2, -0.15) is 4.98 Å². The molecular formula is C21H20N4O2. The first-order valence-electron chi connectivity index (χ1n) is 9.34. The highest BCUT2D eigenvalue weighted by Crippen LogP contribution is 2.32. The Balaban J connectivity index is 1.35. The van der Waals surface area contributed by atoms with Crippen LogP contribution < -0.4 is 4.74 Å². The first-order chi connectivity index (χ1) is 13.4. The van der Waals surface area contributed by atoms with E-state index in [9.17, 15) is 0 Å². The molecule has 0 aliphatic heterocycles. The molecule has 0 atom stereocenters. The third-order valence-electron chi connectivity index (χ3n) is 5.12. The van der Waals surface area contributed by atoms with Crippen LogP contribution in [0.15, 0.2) is 59.4 Å². The summed E-state index contributed by atoms with van der Waals surface area (Å²) in [5.74, 6) is 1.78. The molecule has 136 valence electrons. The standard InChI is InChI=1S/C21H20N4O2/c1-2-8-17(9-3-1)26-13-20-23-21(24-27-20)15-10-11-19-18(12-15)22-14-25(19)16-6-4-5-7-16/h1-3,8-12,14,16H,4-7,13H2. The normalized spacial score (nSPS) is 14.8. The van der Waals surface area contributed by atoms with E-state index in [-0.39, 0.29) is 6.61 Å². The highest BCUT2D eigenvalue weighted by molar-refractivity contribution is 5.80. The highest BCUT2D eigenvalue weighted by Gasteiger charge is 2.19. The lowest BCUT2D eigenvalue weighted by molar-refractivity contribution is 0.243. The first kappa shape index (κ1) is 16.1. The van der Waals surface area contributed by atoms with Crippen molar-refractivity contribution in [2.45, 2.75) is 38.3 Å². The molecule has 0 saturated heterocycles. The number of aromatic nitrogens is 4. The molecule has 2 heterocycles. The maximum absolute atomic E-state index is 5.66. The van der Waals surface area contributed by atoms with Crippen molar-refractivity contribution in [3.8, 4) is 17.1 Å². The number of rotatable bonds is 5. The average Bonchev–Trinajstić information content (AvgIpc) is 3.46. The maximum Gasteiger partial charge on any atom is 0.264 e. The number of nitrogens with zero attached hydrogens (tertiary/aromatic N) is 4. The van der Waals surface area contributed by atoms with E-state index in [1.807, 2.05) is 48.8 Å². The summed E-state index contributed by atoms with van der Waals surface area (Å²) in [6, 6.07) is 16.3. The summed E-state index contributed by atoms with van der Waals surface area (Å²) >= 11 is 0. The van der Waals surface area contributed by atoms with E-state index in [0.29, 0.717) is 17.8 Å². The van der Waals surface area contributed by atoms with E-state index >= 15 is 0 Å². The Bertz CT molecular complexity index is 1050. The molecule has 0 N–H and O–H groups in total. The van der Waals surface area contributed by atoms with Crippen molar-refractivity contribution in [1.29, 1.82) is 0 Å². The summed E-state index contributed by atoms with van der Waals surface area (Å²) in [5.41, 5.74) is 3.03. The fourth-order valence-corrected chi connectivity index (χ4v) is 3.74. The summed E-state index contributed by atoms with van der Waals surface area (Å²) < 4.78 is 13.3. The van der Waals surface area contributed by atoms with E-state index in [1.54, 1.807) is 0 Å². The van der Waals surface area contributed by atoms with Crippen LogP contribution >= 0.6 is 0 Å². The molecule has 0 bridgehead atoms. The Morgan fingerprint density at radius 1 is 1.07 bits per heavy atom. The van der Waals surface area contributed by atoms with E-state index in [0.717, 1.165) is 16.8 Å². The largest absolute Gasteiger partial charge is 0.484 e. The zero-order chi connectivity index (χ0) is 18.1. The van der Waals surface area contributed by atoms with Crippen LogP contribution in [-0.2, 0) is 6.61 Å². The molecule has 1 aliphatic rings. The molecule has 0 spiro atoms. The quantitative estimate of drug-likeness (QED) is 0.512. The second-order valence-electron chi connectivity index (χ2n) is 6.91. The summed E-state index contributed by atoms with van der Waals surface area (Å²) in [7, 11) is 0. The van der Waals surface area contributed by atoms with Gasteiger partial charge in [0, 0.05) is 11.6 Å². The van der Waals surface area contributed by atoms with Gasteiger partial charge in [0.2, 0.25) is 5.82 Å². The predicted molar refractivity (Wildman–Crippen MR) is 101 cm³/mol. The molecule has 2 aromatic heterocycles. The van der Waals surface area contributed by atoms with Crippen LogP contribution in [0.25, 0.3) is 22.4 Å². The Kier molecular flexibility index (Phi) is 4.08. The van der Waals surface area contributed by atoms with Gasteiger partial charge in [-0.1, -0.05) is 36.2 Å². The smallest absolute Gasteiger partial charge is 0.264 e. The van der Waals surface area contributed by atoms with Crippen molar-refractivity contribution in [2.24, 2.45) is 0 Å². The van der Waals surface area contributed by atoms with Gasteiger partial charge in [-0.05, 0) is 43.2 Å². The van der Waals surface area contributed by atoms with Crippen molar-refractivity contribution >= 4 is 11.0 Å². The van der Waals surface area contributed by atoms with Crippen molar-refractivity contribution < 1.29 is 9.26 Å². The number of fused-ring (bicyclic) bond motifs is 1. The summed E-state index contributed by atoms with van der Waals surface area (Å²) in [4.78, 5) is 9.03. The Hall–Kier alpha value is -3.15. The third kappa shape index (κ3) is 3.18. The Morgan fingerprint density at radius 3 is 2.78 bits per heavy atom. The van der Waals surface area contributed by atoms with Crippen LogP contribution in [0.2, 0.25) is 0 Å². The topological polar surface area (TPSA) is 66.0 Å². The van der Waals surface area contributed by atoms with Gasteiger partial charge in [0.15, 0.2) is 6.61 Å². The van der Waals surface area contributed by atoms with Crippen molar-refractivity contribution in [2.75, 3.05) is 0 Å². The van der Waals surface area contributed by atoms with Gasteiger partial charge in [0.25, 0.3) is 5.89 Å². The minimum absolute atomic E-state index is 0.246. The second kappa shape index (κ2) is 6.87. The van der Waals surface area contributed by atoms with Gasteiger partial charge in [-0.3, -0.25) is 0 Å². The second-order valence-corrected chi connectivity index (χ2v) is 6.91. The van der Waals surface area contributed by atoms with E-state index < -0.39 is 0 Å². The van der Waals surface area contributed by atoms with Crippen LogP contribution in [0.4, 0.5) is 0 Å². The summed E-state index contributed by atoms with van der Waals surface area (Å²) in [6.07, 6.45) is 7.05. The lowest BCUT2D eigenvalue weighted by Gasteiger charge is -2.11. The van der Waals surface area contributed by atoms with Crippen molar-refractivity contribution in [3.05, 3.63) is 60.7 Å². The average molecular weight is 360 g/mol. The molecule has 1 fully saturated rings. The van der Waals surface area contributed by atoms with Crippen LogP contribution in [0.5, 0.6) is 5.75 Å². The molecule has 0 radical (unpaired) electrons. The molecule has 6 nitrogen and oxygen atoms in total. The molecule has 0 unspecified atom stereocenters. The fourth-order valence-electron chi connectivity index (χ4n) is 3.74. The lowest BCUT2D eigenvalue weighted by Crippen LogP contribution is -2.02. The van der Waals surface area contributed by atoms with Crippen LogP contribution in [-0.4, -0.2) is 19.7 Å². The third-order valence-corrected chi connectivity index (χ3v) is 5.12. The number of imidazole rings is 1. The number of ether oxygens (including phenoxy) is 1. The molecule has 27 heavy (non-hydrogen) atoms. The molecule has 2 aromatic carbocycles. The SMILES string of the molecule is c1ccc(OCc2nc(-c3ccc4c(c3)ncn4C3CCCC3)no2)cc1. The molecule has 4 aromatic rings. The van der Waals surface area contributed by atoms with Crippen LogP contribution in [0.1, 0.15) is 37.6 Å². The zero-order valence-electron chi connectivity index (χ0n) is 14.9. The molecular weight excluding hydrogens is 340 g/mol. The minimum Gasteiger partial charge on any atom is -0.484 e. The van der Waals surface area contributed by atoms with Gasteiger partial charge in [0.1, 0.15) is 5.75 Å². The van der Waals surface area contributed by atoms with E-state index in [2.05, 4.69) is 25.8 Å². The minimum atomic E-state index is 0.246. The van der Waals surface area contributed by atoms with E-state index in [4.69, 9.17) is 9.26 Å².